The van der Waals surface area contributed by atoms with Crippen LogP contribution >= 0.6 is 0 Å². The maximum atomic E-state index is 10.6. The predicted octanol–water partition coefficient (Wildman–Crippen LogP) is 0.581. The largest absolute Gasteiger partial charge is 0.399 e. The van der Waals surface area contributed by atoms with E-state index < -0.39 is 4.92 Å². The highest BCUT2D eigenvalue weighted by Gasteiger charge is 2.12. The average Bonchev–Trinajstić information content (AvgIpc) is 2.14. The van der Waals surface area contributed by atoms with Gasteiger partial charge in [-0.2, -0.15) is 0 Å². The van der Waals surface area contributed by atoms with Gasteiger partial charge in [0.05, 0.1) is 11.5 Å². The van der Waals surface area contributed by atoms with Crippen LogP contribution in [0.3, 0.4) is 0 Å². The van der Waals surface area contributed by atoms with Gasteiger partial charge in [0.15, 0.2) is 0 Å². The molecular formula is C8H11N3O3. The quantitative estimate of drug-likeness (QED) is 0.372. The Hall–Kier alpha value is -1.82. The second kappa shape index (κ2) is 4.43. The Balaban J connectivity index is 2.97. The van der Waals surface area contributed by atoms with E-state index >= 15 is 0 Å². The van der Waals surface area contributed by atoms with Gasteiger partial charge in [-0.15, -0.1) is 0 Å². The first-order chi connectivity index (χ1) is 6.65. The number of nitrogens with zero attached hydrogens (tertiary/aromatic N) is 1. The minimum atomic E-state index is -0.501. The number of anilines is 2. The Morgan fingerprint density at radius 2 is 2.29 bits per heavy atom. The molecule has 1 aromatic carbocycles. The number of nitro benzene ring substituents is 1. The summed E-state index contributed by atoms with van der Waals surface area (Å²) in [7, 11) is 0. The molecule has 6 heteroatoms. The molecule has 14 heavy (non-hydrogen) atoms. The third kappa shape index (κ3) is 2.33. The topological polar surface area (TPSA) is 101 Å². The number of benzene rings is 1. The number of nitrogens with one attached hydrogen (secondary N) is 1. The Morgan fingerprint density at radius 3 is 2.86 bits per heavy atom. The zero-order valence-electron chi connectivity index (χ0n) is 7.43. The number of aliphatic hydroxyl groups excluding tert-OH is 1. The van der Waals surface area contributed by atoms with Gasteiger partial charge < -0.3 is 16.2 Å². The van der Waals surface area contributed by atoms with Crippen LogP contribution in [0.15, 0.2) is 18.2 Å². The van der Waals surface area contributed by atoms with Gasteiger partial charge >= 0.3 is 0 Å². The summed E-state index contributed by atoms with van der Waals surface area (Å²) >= 11 is 0. The van der Waals surface area contributed by atoms with Crippen molar-refractivity contribution in [2.45, 2.75) is 0 Å². The van der Waals surface area contributed by atoms with Crippen LogP contribution in [0.2, 0.25) is 0 Å². The minimum absolute atomic E-state index is 0.0485. The molecule has 0 atom stereocenters. The van der Waals surface area contributed by atoms with Crippen molar-refractivity contribution in [3.63, 3.8) is 0 Å². The van der Waals surface area contributed by atoms with E-state index in [2.05, 4.69) is 5.32 Å². The summed E-state index contributed by atoms with van der Waals surface area (Å²) in [5, 5.41) is 21.8. The summed E-state index contributed by atoms with van der Waals surface area (Å²) < 4.78 is 0. The van der Waals surface area contributed by atoms with Gasteiger partial charge in [-0.3, -0.25) is 10.1 Å². The SMILES string of the molecule is Nc1ccc([N+](=O)[O-])c(NCCO)c1. The van der Waals surface area contributed by atoms with Crippen LogP contribution in [0.4, 0.5) is 17.1 Å². The maximum Gasteiger partial charge on any atom is 0.292 e. The zero-order chi connectivity index (χ0) is 10.6. The van der Waals surface area contributed by atoms with Gasteiger partial charge in [-0.1, -0.05) is 0 Å². The number of rotatable bonds is 4. The standard InChI is InChI=1S/C8H11N3O3/c9-6-1-2-8(11(13)14)7(5-6)10-3-4-12/h1-2,5,10,12H,3-4,9H2. The summed E-state index contributed by atoms with van der Waals surface area (Å²) in [6.07, 6.45) is 0. The molecule has 1 rings (SSSR count). The fourth-order valence-corrected chi connectivity index (χ4v) is 1.05. The van der Waals surface area contributed by atoms with Gasteiger partial charge in [0.25, 0.3) is 5.69 Å². The molecule has 0 heterocycles. The number of aliphatic hydroxyl groups is 1. The molecule has 1 aromatic rings. The smallest absolute Gasteiger partial charge is 0.292 e. The summed E-state index contributed by atoms with van der Waals surface area (Å²) in [6.45, 7) is 0.163. The Kier molecular flexibility index (Phi) is 3.24. The van der Waals surface area contributed by atoms with E-state index in [1.807, 2.05) is 0 Å². The van der Waals surface area contributed by atoms with E-state index in [-0.39, 0.29) is 18.8 Å². The lowest BCUT2D eigenvalue weighted by Crippen LogP contribution is -2.07. The van der Waals surface area contributed by atoms with Crippen LogP contribution in [0.25, 0.3) is 0 Å². The van der Waals surface area contributed by atoms with Crippen LogP contribution in [-0.4, -0.2) is 23.2 Å². The minimum Gasteiger partial charge on any atom is -0.399 e. The Morgan fingerprint density at radius 1 is 1.57 bits per heavy atom. The van der Waals surface area contributed by atoms with Crippen LogP contribution in [0, 0.1) is 10.1 Å². The number of hydrogen-bond acceptors (Lipinski definition) is 5. The van der Waals surface area contributed by atoms with Crippen LogP contribution in [0.1, 0.15) is 0 Å². The molecule has 0 unspecified atom stereocenters. The molecule has 4 N–H and O–H groups in total. The highest BCUT2D eigenvalue weighted by molar-refractivity contribution is 5.67. The Bertz CT molecular complexity index is 341. The first-order valence-electron chi connectivity index (χ1n) is 4.04. The molecule has 0 spiro atoms. The molecule has 0 saturated carbocycles. The lowest BCUT2D eigenvalue weighted by Gasteiger charge is -2.05. The van der Waals surface area contributed by atoms with E-state index in [9.17, 15) is 10.1 Å². The first kappa shape index (κ1) is 10.3. The number of hydrogen-bond donors (Lipinski definition) is 3. The summed E-state index contributed by atoms with van der Waals surface area (Å²) in [5.74, 6) is 0. The number of nitrogens with two attached hydrogens (primary N) is 1. The van der Waals surface area contributed by atoms with Crippen molar-refractivity contribution in [2.75, 3.05) is 24.2 Å². The van der Waals surface area contributed by atoms with Crippen LogP contribution in [0.5, 0.6) is 0 Å². The van der Waals surface area contributed by atoms with Gasteiger partial charge in [0.1, 0.15) is 5.69 Å². The highest BCUT2D eigenvalue weighted by Crippen LogP contribution is 2.25. The molecule has 0 aliphatic heterocycles. The molecule has 6 nitrogen and oxygen atoms in total. The van der Waals surface area contributed by atoms with Gasteiger partial charge in [-0.25, -0.2) is 0 Å². The second-order valence-electron chi connectivity index (χ2n) is 2.68. The number of nitrogen functional groups attached to an aromatic ring is 1. The first-order valence-corrected chi connectivity index (χ1v) is 4.04. The van der Waals surface area contributed by atoms with Crippen molar-refractivity contribution >= 4 is 17.1 Å². The monoisotopic (exact) mass is 197 g/mol. The van der Waals surface area contributed by atoms with Crippen molar-refractivity contribution in [1.82, 2.24) is 0 Å². The molecule has 0 radical (unpaired) electrons. The van der Waals surface area contributed by atoms with E-state index in [0.29, 0.717) is 11.4 Å². The van der Waals surface area contributed by atoms with Gasteiger partial charge in [0, 0.05) is 18.3 Å². The fourth-order valence-electron chi connectivity index (χ4n) is 1.05. The third-order valence-corrected chi connectivity index (χ3v) is 1.64. The molecule has 0 aliphatic rings. The Labute approximate surface area is 80.5 Å². The van der Waals surface area contributed by atoms with Crippen LogP contribution < -0.4 is 11.1 Å². The molecule has 0 fully saturated rings. The average molecular weight is 197 g/mol. The van der Waals surface area contributed by atoms with Crippen molar-refractivity contribution in [3.05, 3.63) is 28.3 Å². The van der Waals surface area contributed by atoms with Gasteiger partial charge in [-0.05, 0) is 12.1 Å². The molecule has 0 aromatic heterocycles. The van der Waals surface area contributed by atoms with Crippen LogP contribution in [-0.2, 0) is 0 Å². The highest BCUT2D eigenvalue weighted by atomic mass is 16.6. The molecule has 0 amide bonds. The molecule has 76 valence electrons. The van der Waals surface area contributed by atoms with E-state index in [1.54, 1.807) is 0 Å². The second-order valence-corrected chi connectivity index (χ2v) is 2.68. The van der Waals surface area contributed by atoms with E-state index in [4.69, 9.17) is 10.8 Å². The molecule has 0 saturated heterocycles. The predicted molar refractivity (Wildman–Crippen MR) is 53.1 cm³/mol. The fraction of sp³-hybridized carbons (Fsp3) is 0.250. The zero-order valence-corrected chi connectivity index (χ0v) is 7.43. The summed E-state index contributed by atoms with van der Waals surface area (Å²) in [5.41, 5.74) is 6.19. The molecule has 0 aliphatic carbocycles. The van der Waals surface area contributed by atoms with E-state index in [1.165, 1.54) is 18.2 Å². The summed E-state index contributed by atoms with van der Waals surface area (Å²) in [6, 6.07) is 4.26. The van der Waals surface area contributed by atoms with Crippen molar-refractivity contribution in [2.24, 2.45) is 0 Å². The number of nitro groups is 1. The lowest BCUT2D eigenvalue weighted by molar-refractivity contribution is -0.383. The third-order valence-electron chi connectivity index (χ3n) is 1.64. The van der Waals surface area contributed by atoms with Crippen molar-refractivity contribution in [3.8, 4) is 0 Å². The lowest BCUT2D eigenvalue weighted by atomic mass is 10.2. The van der Waals surface area contributed by atoms with Crippen molar-refractivity contribution < 1.29 is 10.0 Å². The van der Waals surface area contributed by atoms with Crippen molar-refractivity contribution in [1.29, 1.82) is 0 Å². The normalized spacial score (nSPS) is 9.79. The van der Waals surface area contributed by atoms with Gasteiger partial charge in [0.2, 0.25) is 0 Å². The van der Waals surface area contributed by atoms with E-state index in [0.717, 1.165) is 0 Å². The molecular weight excluding hydrogens is 186 g/mol. The maximum absolute atomic E-state index is 10.6. The summed E-state index contributed by atoms with van der Waals surface area (Å²) in [4.78, 5) is 10.1. The molecule has 0 bridgehead atoms.